The lowest BCUT2D eigenvalue weighted by molar-refractivity contribution is 0.0600. The third-order valence-corrected chi connectivity index (χ3v) is 4.60. The molecule has 0 aliphatic carbocycles. The van der Waals surface area contributed by atoms with Crippen LogP contribution in [0, 0.1) is 5.82 Å². The van der Waals surface area contributed by atoms with Crippen molar-refractivity contribution in [1.29, 1.82) is 0 Å². The van der Waals surface area contributed by atoms with Gasteiger partial charge in [0.1, 0.15) is 35.0 Å². The Morgan fingerprint density at radius 3 is 2.41 bits per heavy atom. The van der Waals surface area contributed by atoms with Crippen LogP contribution in [-0.4, -0.2) is 43.8 Å². The molecule has 1 aromatic heterocycles. The lowest BCUT2D eigenvalue weighted by Crippen LogP contribution is -2.19. The highest BCUT2D eigenvalue weighted by atomic mass is 35.5. The van der Waals surface area contributed by atoms with E-state index in [1.807, 2.05) is 0 Å². The number of benzene rings is 2. The fourth-order valence-electron chi connectivity index (χ4n) is 2.95. The average molecular weight is 489 g/mol. The second kappa shape index (κ2) is 11.4. The van der Waals surface area contributed by atoms with Crippen molar-refractivity contribution >= 4 is 29.3 Å². The Hall–Kier alpha value is -3.69. The Kier molecular flexibility index (Phi) is 8.39. The summed E-state index contributed by atoms with van der Waals surface area (Å²) in [6.45, 7) is 2.12. The lowest BCUT2D eigenvalue weighted by atomic mass is 10.1. The largest absolute Gasteiger partial charge is 0.488 e. The molecule has 3 aromatic rings. The van der Waals surface area contributed by atoms with Gasteiger partial charge in [-0.15, -0.1) is 0 Å². The molecule has 0 aliphatic rings. The van der Waals surface area contributed by atoms with E-state index in [2.05, 4.69) is 15.0 Å². The minimum absolute atomic E-state index is 0.151. The Bertz CT molecular complexity index is 1150. The molecule has 0 aliphatic heterocycles. The summed E-state index contributed by atoms with van der Waals surface area (Å²) in [5.74, 6) is -0.686. The van der Waals surface area contributed by atoms with Crippen molar-refractivity contribution < 1.29 is 32.9 Å². The second-order valence-corrected chi connectivity index (χ2v) is 7.60. The van der Waals surface area contributed by atoms with E-state index in [0.717, 1.165) is 6.07 Å². The van der Waals surface area contributed by atoms with Crippen molar-refractivity contribution in [1.82, 2.24) is 4.98 Å². The first-order valence-corrected chi connectivity index (χ1v) is 10.5. The van der Waals surface area contributed by atoms with Gasteiger partial charge in [-0.25, -0.2) is 14.2 Å². The van der Waals surface area contributed by atoms with Gasteiger partial charge in [0.15, 0.2) is 0 Å². The Morgan fingerprint density at radius 1 is 1.03 bits per heavy atom. The number of methoxy groups -OCH3 is 2. The summed E-state index contributed by atoms with van der Waals surface area (Å²) in [5, 5.41) is 2.80. The summed E-state index contributed by atoms with van der Waals surface area (Å²) in [5.41, 5.74) is 0.436. The van der Waals surface area contributed by atoms with Gasteiger partial charge >= 0.3 is 5.97 Å². The van der Waals surface area contributed by atoms with Crippen LogP contribution < -0.4 is 14.8 Å². The van der Waals surface area contributed by atoms with E-state index in [1.165, 1.54) is 49.7 Å². The molecule has 1 amide bonds. The maximum absolute atomic E-state index is 13.7. The quantitative estimate of drug-likeness (QED) is 0.417. The third-order valence-electron chi connectivity index (χ3n) is 4.38. The van der Waals surface area contributed by atoms with E-state index in [1.54, 1.807) is 20.1 Å². The first-order valence-electron chi connectivity index (χ1n) is 10.1. The summed E-state index contributed by atoms with van der Waals surface area (Å²) >= 11 is 5.90. The van der Waals surface area contributed by atoms with Crippen molar-refractivity contribution in [2.24, 2.45) is 0 Å². The molecule has 0 radical (unpaired) electrons. The number of pyridine rings is 1. The van der Waals surface area contributed by atoms with E-state index in [4.69, 9.17) is 25.8 Å². The van der Waals surface area contributed by atoms with Crippen LogP contribution in [-0.2, 0) is 9.47 Å². The van der Waals surface area contributed by atoms with Crippen LogP contribution >= 0.6 is 11.6 Å². The van der Waals surface area contributed by atoms with E-state index in [9.17, 15) is 14.0 Å². The Balaban J connectivity index is 1.87. The number of nitrogens with one attached hydrogen (secondary N) is 1. The van der Waals surface area contributed by atoms with Gasteiger partial charge in [0.05, 0.1) is 19.3 Å². The van der Waals surface area contributed by atoms with Crippen LogP contribution in [0.5, 0.6) is 17.2 Å². The predicted octanol–water partition coefficient (Wildman–Crippen LogP) is 5.12. The number of amides is 1. The highest BCUT2D eigenvalue weighted by molar-refractivity contribution is 6.30. The number of rotatable bonds is 9. The highest BCUT2D eigenvalue weighted by Crippen LogP contribution is 2.30. The molecular weight excluding hydrogens is 467 g/mol. The summed E-state index contributed by atoms with van der Waals surface area (Å²) in [4.78, 5) is 28.5. The fraction of sp³-hybridized carbons (Fsp3) is 0.208. The maximum atomic E-state index is 13.7. The van der Waals surface area contributed by atoms with Crippen LogP contribution in [0.1, 0.15) is 27.6 Å². The van der Waals surface area contributed by atoms with E-state index >= 15 is 0 Å². The number of anilines is 1. The normalized spacial score (nSPS) is 11.4. The molecular formula is C24H22ClFN2O6. The molecule has 2 aromatic carbocycles. The van der Waals surface area contributed by atoms with Crippen LogP contribution in [0.3, 0.4) is 0 Å². The van der Waals surface area contributed by atoms with Gasteiger partial charge in [-0.1, -0.05) is 11.6 Å². The van der Waals surface area contributed by atoms with Crippen LogP contribution in [0.15, 0.2) is 54.7 Å². The smallest absolute Gasteiger partial charge is 0.339 e. The van der Waals surface area contributed by atoms with Gasteiger partial charge in [-0.05, 0) is 43.3 Å². The monoisotopic (exact) mass is 488 g/mol. The van der Waals surface area contributed by atoms with Crippen LogP contribution in [0.4, 0.5) is 10.2 Å². The molecule has 178 valence electrons. The minimum Gasteiger partial charge on any atom is -0.488 e. The number of nitrogens with zero attached hydrogens (tertiary/aromatic N) is 1. The summed E-state index contributed by atoms with van der Waals surface area (Å²) < 4.78 is 35.0. The molecule has 0 saturated carbocycles. The van der Waals surface area contributed by atoms with Gasteiger partial charge in [-0.3, -0.25) is 4.79 Å². The van der Waals surface area contributed by atoms with Gasteiger partial charge in [0.2, 0.25) is 0 Å². The molecule has 34 heavy (non-hydrogen) atoms. The Morgan fingerprint density at radius 2 is 1.76 bits per heavy atom. The molecule has 0 fully saturated rings. The molecule has 1 N–H and O–H groups in total. The minimum atomic E-state index is -0.567. The number of aromatic nitrogens is 1. The topological polar surface area (TPSA) is 96.0 Å². The highest BCUT2D eigenvalue weighted by Gasteiger charge is 2.15. The lowest BCUT2D eigenvalue weighted by Gasteiger charge is -2.16. The molecule has 1 heterocycles. The maximum Gasteiger partial charge on any atom is 0.339 e. The number of carbonyl (C=O) groups is 2. The third kappa shape index (κ3) is 6.90. The van der Waals surface area contributed by atoms with Gasteiger partial charge < -0.3 is 24.3 Å². The fourth-order valence-corrected chi connectivity index (χ4v) is 3.16. The Labute approximate surface area is 200 Å². The average Bonchev–Trinajstić information content (AvgIpc) is 2.78. The second-order valence-electron chi connectivity index (χ2n) is 7.16. The molecule has 10 heteroatoms. The first kappa shape index (κ1) is 24.9. The van der Waals surface area contributed by atoms with E-state index in [0.29, 0.717) is 12.4 Å². The molecule has 3 rings (SSSR count). The molecule has 1 atom stereocenters. The van der Waals surface area contributed by atoms with Gasteiger partial charge in [0, 0.05) is 36.0 Å². The predicted molar refractivity (Wildman–Crippen MR) is 123 cm³/mol. The zero-order chi connectivity index (χ0) is 24.7. The zero-order valence-electron chi connectivity index (χ0n) is 18.6. The number of esters is 1. The first-order chi connectivity index (χ1) is 16.3. The van der Waals surface area contributed by atoms with Crippen LogP contribution in [0.25, 0.3) is 0 Å². The standard InChI is InChI=1S/C24H22ClFN2O6/c1-14(13-31-2)33-19-6-16(7-20(11-19)34-21-9-17(25)8-18(26)10-21)23(29)28-22-5-4-15(12-27-22)24(30)32-3/h4-12,14H,13H2,1-3H3,(H,27,28,29)/t14-/m0/s1. The van der Waals surface area contributed by atoms with E-state index < -0.39 is 17.7 Å². The summed E-state index contributed by atoms with van der Waals surface area (Å²) in [7, 11) is 2.81. The molecule has 0 unspecified atom stereocenters. The van der Waals surface area contributed by atoms with Gasteiger partial charge in [0.25, 0.3) is 5.91 Å². The van der Waals surface area contributed by atoms with Crippen molar-refractivity contribution in [3.63, 3.8) is 0 Å². The number of hydrogen-bond donors (Lipinski definition) is 1. The van der Waals surface area contributed by atoms with Crippen molar-refractivity contribution in [3.8, 4) is 17.2 Å². The molecule has 8 nitrogen and oxygen atoms in total. The van der Waals surface area contributed by atoms with Gasteiger partial charge in [-0.2, -0.15) is 0 Å². The number of ether oxygens (including phenoxy) is 4. The number of hydrogen-bond acceptors (Lipinski definition) is 7. The van der Waals surface area contributed by atoms with Crippen LogP contribution in [0.2, 0.25) is 5.02 Å². The van der Waals surface area contributed by atoms with Crippen molar-refractivity contribution in [2.45, 2.75) is 13.0 Å². The number of carbonyl (C=O) groups excluding carboxylic acids is 2. The molecule has 0 bridgehead atoms. The van der Waals surface area contributed by atoms with Crippen molar-refractivity contribution in [3.05, 3.63) is 76.7 Å². The summed E-state index contributed by atoms with van der Waals surface area (Å²) in [6, 6.07) is 11.3. The number of halogens is 2. The van der Waals surface area contributed by atoms with E-state index in [-0.39, 0.29) is 39.6 Å². The molecule has 0 saturated heterocycles. The SMILES string of the molecule is COC[C@H](C)Oc1cc(Oc2cc(F)cc(Cl)c2)cc(C(=O)Nc2ccc(C(=O)OC)cn2)c1. The van der Waals surface area contributed by atoms with Crippen molar-refractivity contribution in [2.75, 3.05) is 26.1 Å². The zero-order valence-corrected chi connectivity index (χ0v) is 19.4. The summed E-state index contributed by atoms with van der Waals surface area (Å²) in [6.07, 6.45) is 0.975. The molecule has 0 spiro atoms.